The summed E-state index contributed by atoms with van der Waals surface area (Å²) in [6.45, 7) is 7.31. The van der Waals surface area contributed by atoms with Crippen molar-refractivity contribution in [3.05, 3.63) is 48.2 Å². The first-order valence-corrected chi connectivity index (χ1v) is 5.28. The summed E-state index contributed by atoms with van der Waals surface area (Å²) in [6.07, 6.45) is 0. The topological polar surface area (TPSA) is 0 Å². The van der Waals surface area contributed by atoms with Crippen LogP contribution in [0.15, 0.2) is 58.0 Å². The highest BCUT2D eigenvalue weighted by Gasteiger charge is 1.91. The van der Waals surface area contributed by atoms with E-state index in [1.54, 1.807) is 23.5 Å². The normalized spacial score (nSPS) is 9.33. The second-order valence-corrected chi connectivity index (χ2v) is 4.12. The fourth-order valence-corrected chi connectivity index (χ4v) is 1.76. The smallest absolute Gasteiger partial charge is 0.0116 e. The molecule has 0 aliphatic carbocycles. The molecule has 2 heteroatoms. The first kappa shape index (κ1) is 9.49. The molecule has 0 unspecified atom stereocenters. The van der Waals surface area contributed by atoms with Crippen molar-refractivity contribution in [3.63, 3.8) is 0 Å². The molecule has 0 atom stereocenters. The zero-order valence-electron chi connectivity index (χ0n) is 6.69. The van der Waals surface area contributed by atoms with Crippen LogP contribution in [0.2, 0.25) is 0 Å². The molecule has 0 aromatic heterocycles. The number of rotatable bonds is 4. The van der Waals surface area contributed by atoms with E-state index in [9.17, 15) is 0 Å². The van der Waals surface area contributed by atoms with Gasteiger partial charge < -0.3 is 0 Å². The molecule has 0 saturated heterocycles. The maximum absolute atomic E-state index is 3.66. The Balaban J connectivity index is 2.70. The molecule has 0 aliphatic rings. The average molecular weight is 194 g/mol. The van der Waals surface area contributed by atoms with E-state index in [1.807, 2.05) is 10.8 Å². The minimum Gasteiger partial charge on any atom is -0.0987 e. The lowest BCUT2D eigenvalue weighted by atomic mass is 10.4. The first-order chi connectivity index (χ1) is 5.86. The number of hydrogen-bond acceptors (Lipinski definition) is 2. The van der Waals surface area contributed by atoms with Crippen LogP contribution in [0.1, 0.15) is 0 Å². The van der Waals surface area contributed by atoms with Gasteiger partial charge in [-0.3, -0.25) is 0 Å². The number of hydrogen-bond donors (Lipinski definition) is 0. The quantitative estimate of drug-likeness (QED) is 0.660. The monoisotopic (exact) mass is 194 g/mol. The Morgan fingerprint density at radius 2 is 1.17 bits per heavy atom. The first-order valence-electron chi connectivity index (χ1n) is 3.52. The third kappa shape index (κ3) is 2.80. The van der Waals surface area contributed by atoms with Gasteiger partial charge in [0.15, 0.2) is 0 Å². The molecule has 1 rings (SSSR count). The van der Waals surface area contributed by atoms with Crippen LogP contribution in [-0.4, -0.2) is 0 Å². The van der Waals surface area contributed by atoms with Crippen molar-refractivity contribution in [3.8, 4) is 0 Å². The van der Waals surface area contributed by atoms with Gasteiger partial charge in [0.1, 0.15) is 0 Å². The van der Waals surface area contributed by atoms with Crippen molar-refractivity contribution in [2.24, 2.45) is 0 Å². The van der Waals surface area contributed by atoms with E-state index in [1.165, 1.54) is 9.79 Å². The molecule has 1 aromatic rings. The summed E-state index contributed by atoms with van der Waals surface area (Å²) < 4.78 is 0. The molecule has 0 spiro atoms. The molecule has 12 heavy (non-hydrogen) atoms. The summed E-state index contributed by atoms with van der Waals surface area (Å²) in [4.78, 5) is 2.44. The second-order valence-electron chi connectivity index (χ2n) is 2.04. The lowest BCUT2D eigenvalue weighted by molar-refractivity contribution is 1.36. The maximum Gasteiger partial charge on any atom is 0.0116 e. The van der Waals surface area contributed by atoms with E-state index < -0.39 is 0 Å². The van der Waals surface area contributed by atoms with E-state index in [2.05, 4.69) is 37.4 Å². The van der Waals surface area contributed by atoms with Crippen LogP contribution in [0, 0.1) is 0 Å². The zero-order valence-corrected chi connectivity index (χ0v) is 8.33. The van der Waals surface area contributed by atoms with Gasteiger partial charge in [0, 0.05) is 9.79 Å². The number of benzene rings is 1. The lowest BCUT2D eigenvalue weighted by Gasteiger charge is -1.97. The van der Waals surface area contributed by atoms with E-state index >= 15 is 0 Å². The Hall–Kier alpha value is -0.600. The van der Waals surface area contributed by atoms with Gasteiger partial charge in [0.25, 0.3) is 0 Å². The minimum absolute atomic E-state index is 1.22. The fraction of sp³-hybridized carbons (Fsp3) is 0. The predicted molar refractivity (Wildman–Crippen MR) is 58.6 cm³/mol. The van der Waals surface area contributed by atoms with Crippen LogP contribution in [0.4, 0.5) is 0 Å². The van der Waals surface area contributed by atoms with Gasteiger partial charge in [0.2, 0.25) is 0 Å². The molecular formula is C10H10S2. The second kappa shape index (κ2) is 5.12. The molecule has 0 N–H and O–H groups in total. The molecular weight excluding hydrogens is 184 g/mol. The van der Waals surface area contributed by atoms with Crippen molar-refractivity contribution < 1.29 is 0 Å². The number of thioether (sulfide) groups is 2. The molecule has 0 bridgehead atoms. The third-order valence-electron chi connectivity index (χ3n) is 1.26. The van der Waals surface area contributed by atoms with Gasteiger partial charge >= 0.3 is 0 Å². The van der Waals surface area contributed by atoms with Crippen LogP contribution >= 0.6 is 23.5 Å². The summed E-state index contributed by atoms with van der Waals surface area (Å²) in [5.41, 5.74) is 0. The Morgan fingerprint density at radius 1 is 0.833 bits per heavy atom. The Kier molecular flexibility index (Phi) is 4.05. The molecule has 0 amide bonds. The van der Waals surface area contributed by atoms with E-state index in [-0.39, 0.29) is 0 Å². The highest BCUT2D eigenvalue weighted by molar-refractivity contribution is 8.02. The molecule has 0 radical (unpaired) electrons. The molecule has 0 heterocycles. The van der Waals surface area contributed by atoms with E-state index in [0.29, 0.717) is 0 Å². The Morgan fingerprint density at radius 3 is 1.42 bits per heavy atom. The standard InChI is InChI=1S/C10H10S2/c1-3-11-9-5-7-10(8-6-9)12-4-2/h3-8H,1-2H2. The molecule has 0 saturated carbocycles. The van der Waals surface area contributed by atoms with Gasteiger partial charge in [-0.05, 0) is 35.1 Å². The zero-order chi connectivity index (χ0) is 8.81. The Labute approximate surface area is 81.8 Å². The van der Waals surface area contributed by atoms with Crippen LogP contribution in [0.3, 0.4) is 0 Å². The van der Waals surface area contributed by atoms with Crippen LogP contribution in [-0.2, 0) is 0 Å². The van der Waals surface area contributed by atoms with Gasteiger partial charge in [0.05, 0.1) is 0 Å². The summed E-state index contributed by atoms with van der Waals surface area (Å²) in [5, 5.41) is 3.66. The summed E-state index contributed by atoms with van der Waals surface area (Å²) in [5.74, 6) is 0. The van der Waals surface area contributed by atoms with Crippen molar-refractivity contribution >= 4 is 23.5 Å². The predicted octanol–water partition coefficient (Wildman–Crippen LogP) is 4.16. The van der Waals surface area contributed by atoms with Crippen LogP contribution in [0.5, 0.6) is 0 Å². The SMILES string of the molecule is C=CSc1ccc(SC=C)cc1. The van der Waals surface area contributed by atoms with Crippen molar-refractivity contribution in [2.75, 3.05) is 0 Å². The highest BCUT2D eigenvalue weighted by atomic mass is 32.2. The lowest BCUT2D eigenvalue weighted by Crippen LogP contribution is -1.69. The summed E-state index contributed by atoms with van der Waals surface area (Å²) in [7, 11) is 0. The molecule has 0 fully saturated rings. The van der Waals surface area contributed by atoms with Crippen molar-refractivity contribution in [1.82, 2.24) is 0 Å². The van der Waals surface area contributed by atoms with Gasteiger partial charge in [-0.15, -0.1) is 0 Å². The van der Waals surface area contributed by atoms with E-state index in [4.69, 9.17) is 0 Å². The van der Waals surface area contributed by atoms with Crippen molar-refractivity contribution in [1.29, 1.82) is 0 Å². The Bertz CT molecular complexity index is 233. The van der Waals surface area contributed by atoms with Crippen molar-refractivity contribution in [2.45, 2.75) is 9.79 Å². The molecule has 0 aliphatic heterocycles. The molecule has 62 valence electrons. The van der Waals surface area contributed by atoms with Crippen LogP contribution < -0.4 is 0 Å². The summed E-state index contributed by atoms with van der Waals surface area (Å²) >= 11 is 3.26. The van der Waals surface area contributed by atoms with Crippen LogP contribution in [0.25, 0.3) is 0 Å². The fourth-order valence-electron chi connectivity index (χ4n) is 0.789. The average Bonchev–Trinajstić information content (AvgIpc) is 2.09. The molecule has 0 nitrogen and oxygen atoms in total. The largest absolute Gasteiger partial charge is 0.0987 e. The minimum atomic E-state index is 1.22. The summed E-state index contributed by atoms with van der Waals surface area (Å²) in [6, 6.07) is 8.33. The third-order valence-corrected chi connectivity index (χ3v) is 2.68. The van der Waals surface area contributed by atoms with Gasteiger partial charge in [-0.2, -0.15) is 0 Å². The van der Waals surface area contributed by atoms with Gasteiger partial charge in [-0.1, -0.05) is 36.7 Å². The van der Waals surface area contributed by atoms with Gasteiger partial charge in [-0.25, -0.2) is 0 Å². The van der Waals surface area contributed by atoms with E-state index in [0.717, 1.165) is 0 Å². The maximum atomic E-state index is 3.66. The highest BCUT2D eigenvalue weighted by Crippen LogP contribution is 2.23. The molecule has 1 aromatic carbocycles.